The van der Waals surface area contributed by atoms with Gasteiger partial charge in [0.1, 0.15) is 17.9 Å². The molecule has 0 aliphatic rings. The number of carbonyl (C=O) groups is 2. The molecule has 6 heteroatoms. The SMILES string of the molecule is CCC(CCc1cc2cc(C(=O)N(C)CC(=O)O)ccc2o1)c1ccc(CCC(O)C(C)(C)C)c(C(C)C)c1. The predicted octanol–water partition coefficient (Wildman–Crippen LogP) is 7.18. The first kappa shape index (κ1) is 30.4. The Morgan fingerprint density at radius 3 is 2.33 bits per heavy atom. The molecule has 0 spiro atoms. The average molecular weight is 536 g/mol. The van der Waals surface area contributed by atoms with E-state index in [9.17, 15) is 14.7 Å². The van der Waals surface area contributed by atoms with Crippen LogP contribution in [0.15, 0.2) is 46.9 Å². The van der Waals surface area contributed by atoms with Gasteiger partial charge < -0.3 is 19.5 Å². The lowest BCUT2D eigenvalue weighted by Gasteiger charge is -2.26. The summed E-state index contributed by atoms with van der Waals surface area (Å²) in [4.78, 5) is 24.7. The number of aryl methyl sites for hydroxylation is 2. The van der Waals surface area contributed by atoms with Crippen LogP contribution in [0, 0.1) is 5.41 Å². The van der Waals surface area contributed by atoms with Gasteiger partial charge in [-0.3, -0.25) is 9.59 Å². The third-order valence-electron chi connectivity index (χ3n) is 7.72. The van der Waals surface area contributed by atoms with Gasteiger partial charge in [-0.2, -0.15) is 0 Å². The number of carboxylic acid groups (broad SMARTS) is 1. The number of nitrogens with zero attached hydrogens (tertiary/aromatic N) is 1. The molecule has 2 unspecified atom stereocenters. The number of likely N-dealkylation sites (N-methyl/N-ethyl adjacent to an activating group) is 1. The molecule has 3 aromatic rings. The number of aliphatic carboxylic acids is 1. The zero-order valence-electron chi connectivity index (χ0n) is 24.6. The zero-order chi connectivity index (χ0) is 28.9. The quantitative estimate of drug-likeness (QED) is 0.256. The molecule has 2 N–H and O–H groups in total. The van der Waals surface area contributed by atoms with Gasteiger partial charge in [0.15, 0.2) is 0 Å². The molecule has 2 atom stereocenters. The summed E-state index contributed by atoms with van der Waals surface area (Å²) in [5.74, 6) is 0.310. The first-order valence-corrected chi connectivity index (χ1v) is 14.1. The molecule has 0 bridgehead atoms. The van der Waals surface area contributed by atoms with E-state index in [1.807, 2.05) is 6.07 Å². The van der Waals surface area contributed by atoms with E-state index in [4.69, 9.17) is 9.52 Å². The van der Waals surface area contributed by atoms with Crippen LogP contribution in [0.5, 0.6) is 0 Å². The molecule has 1 heterocycles. The second-order valence-electron chi connectivity index (χ2n) is 12.2. The molecule has 6 nitrogen and oxygen atoms in total. The Labute approximate surface area is 233 Å². The molecular formula is C33H45NO5. The van der Waals surface area contributed by atoms with E-state index in [-0.39, 0.29) is 24.0 Å². The van der Waals surface area contributed by atoms with Crippen LogP contribution in [0.3, 0.4) is 0 Å². The molecule has 0 saturated carbocycles. The molecule has 3 rings (SSSR count). The van der Waals surface area contributed by atoms with E-state index in [1.54, 1.807) is 18.2 Å². The van der Waals surface area contributed by atoms with E-state index in [0.29, 0.717) is 17.4 Å². The standard InChI is InChI=1S/C33H45NO5/c1-8-22(24-10-9-23(28(19-24)21(2)3)13-16-30(35)33(4,5)6)11-14-27-18-26-17-25(12-15-29(26)39-27)32(38)34(7)20-31(36)37/h9-10,12,15,17-19,21-22,30,35H,8,11,13-14,16,20H2,1-7H3,(H,36,37). The minimum absolute atomic E-state index is 0.115. The maximum Gasteiger partial charge on any atom is 0.323 e. The van der Waals surface area contributed by atoms with Gasteiger partial charge in [0.25, 0.3) is 5.91 Å². The summed E-state index contributed by atoms with van der Waals surface area (Å²) in [5.41, 5.74) is 5.08. The number of carbonyl (C=O) groups excluding carboxylic acids is 1. The smallest absolute Gasteiger partial charge is 0.323 e. The van der Waals surface area contributed by atoms with Crippen LogP contribution in [-0.4, -0.2) is 46.7 Å². The van der Waals surface area contributed by atoms with E-state index in [2.05, 4.69) is 59.7 Å². The van der Waals surface area contributed by atoms with Crippen molar-refractivity contribution in [3.63, 3.8) is 0 Å². The number of hydrogen-bond donors (Lipinski definition) is 2. The van der Waals surface area contributed by atoms with Crippen molar-refractivity contribution < 1.29 is 24.2 Å². The number of fused-ring (bicyclic) bond motifs is 1. The highest BCUT2D eigenvalue weighted by Crippen LogP contribution is 2.32. The van der Waals surface area contributed by atoms with Crippen LogP contribution in [0.4, 0.5) is 0 Å². The van der Waals surface area contributed by atoms with Crippen molar-refractivity contribution >= 4 is 22.8 Å². The second-order valence-corrected chi connectivity index (χ2v) is 12.2. The third-order valence-corrected chi connectivity index (χ3v) is 7.72. The summed E-state index contributed by atoms with van der Waals surface area (Å²) in [6.45, 7) is 12.6. The molecule has 0 aliphatic carbocycles. The second kappa shape index (κ2) is 12.8. The van der Waals surface area contributed by atoms with E-state index >= 15 is 0 Å². The molecule has 1 amide bonds. The minimum Gasteiger partial charge on any atom is -0.480 e. The normalized spacial score (nSPS) is 13.6. The van der Waals surface area contributed by atoms with Gasteiger partial charge in [-0.15, -0.1) is 0 Å². The molecule has 0 saturated heterocycles. The van der Waals surface area contributed by atoms with Gasteiger partial charge >= 0.3 is 5.97 Å². The lowest BCUT2D eigenvalue weighted by atomic mass is 9.83. The van der Waals surface area contributed by atoms with E-state index < -0.39 is 5.97 Å². The van der Waals surface area contributed by atoms with Crippen LogP contribution in [0.1, 0.15) is 105 Å². The Balaban J connectivity index is 1.72. The zero-order valence-corrected chi connectivity index (χ0v) is 24.6. The molecular weight excluding hydrogens is 490 g/mol. The summed E-state index contributed by atoms with van der Waals surface area (Å²) in [6.07, 6.45) is 4.06. The Hall–Kier alpha value is -3.12. The molecule has 39 heavy (non-hydrogen) atoms. The summed E-state index contributed by atoms with van der Waals surface area (Å²) >= 11 is 0. The van der Waals surface area contributed by atoms with Gasteiger partial charge in [-0.25, -0.2) is 0 Å². The molecule has 2 aromatic carbocycles. The van der Waals surface area contributed by atoms with Crippen molar-refractivity contribution in [3.05, 3.63) is 70.5 Å². The van der Waals surface area contributed by atoms with E-state index in [0.717, 1.165) is 48.8 Å². The van der Waals surface area contributed by atoms with Gasteiger partial charge in [-0.1, -0.05) is 59.7 Å². The maximum absolute atomic E-state index is 12.6. The highest BCUT2D eigenvalue weighted by molar-refractivity contribution is 5.98. The number of hydrogen-bond acceptors (Lipinski definition) is 4. The van der Waals surface area contributed by atoms with Crippen molar-refractivity contribution in [3.8, 4) is 0 Å². The predicted molar refractivity (Wildman–Crippen MR) is 156 cm³/mol. The summed E-state index contributed by atoms with van der Waals surface area (Å²) in [7, 11) is 1.48. The Morgan fingerprint density at radius 2 is 1.72 bits per heavy atom. The van der Waals surface area contributed by atoms with Crippen LogP contribution < -0.4 is 0 Å². The first-order chi connectivity index (χ1) is 18.3. The van der Waals surface area contributed by atoms with Crippen LogP contribution in [0.2, 0.25) is 0 Å². The largest absolute Gasteiger partial charge is 0.480 e. The summed E-state index contributed by atoms with van der Waals surface area (Å²) in [6, 6.07) is 14.1. The molecule has 212 valence electrons. The Morgan fingerprint density at radius 1 is 1.00 bits per heavy atom. The number of aliphatic hydroxyl groups is 1. The number of amides is 1. The summed E-state index contributed by atoms with van der Waals surface area (Å²) in [5, 5.41) is 20.4. The highest BCUT2D eigenvalue weighted by atomic mass is 16.4. The van der Waals surface area contributed by atoms with Crippen molar-refractivity contribution in [2.75, 3.05) is 13.6 Å². The molecule has 0 radical (unpaired) electrons. The number of carboxylic acids is 1. The van der Waals surface area contributed by atoms with Gasteiger partial charge in [0.05, 0.1) is 6.10 Å². The maximum atomic E-state index is 12.6. The number of aliphatic hydroxyl groups excluding tert-OH is 1. The van der Waals surface area contributed by atoms with Crippen molar-refractivity contribution in [2.24, 2.45) is 5.41 Å². The van der Waals surface area contributed by atoms with Crippen LogP contribution in [-0.2, 0) is 17.6 Å². The fourth-order valence-corrected chi connectivity index (χ4v) is 5.13. The lowest BCUT2D eigenvalue weighted by molar-refractivity contribution is -0.137. The third kappa shape index (κ3) is 7.95. The topological polar surface area (TPSA) is 91.0 Å². The van der Waals surface area contributed by atoms with Crippen molar-refractivity contribution in [1.82, 2.24) is 4.90 Å². The first-order valence-electron chi connectivity index (χ1n) is 14.1. The van der Waals surface area contributed by atoms with Crippen molar-refractivity contribution in [1.29, 1.82) is 0 Å². The van der Waals surface area contributed by atoms with Crippen LogP contribution in [0.25, 0.3) is 11.0 Å². The number of rotatable bonds is 12. The van der Waals surface area contributed by atoms with Gasteiger partial charge in [0, 0.05) is 24.4 Å². The fourth-order valence-electron chi connectivity index (χ4n) is 5.13. The molecule has 0 fully saturated rings. The Bertz CT molecular complexity index is 1280. The fraction of sp³-hybridized carbons (Fsp3) is 0.515. The molecule has 0 aliphatic heterocycles. The minimum atomic E-state index is -1.04. The highest BCUT2D eigenvalue weighted by Gasteiger charge is 2.23. The Kier molecular flexibility index (Phi) is 10.0. The molecule has 1 aromatic heterocycles. The van der Waals surface area contributed by atoms with Crippen molar-refractivity contribution in [2.45, 2.75) is 91.6 Å². The van der Waals surface area contributed by atoms with E-state index in [1.165, 1.54) is 28.6 Å². The summed E-state index contributed by atoms with van der Waals surface area (Å²) < 4.78 is 6.08. The van der Waals surface area contributed by atoms with Gasteiger partial charge in [-0.05, 0) is 83.9 Å². The monoisotopic (exact) mass is 535 g/mol. The lowest BCUT2D eigenvalue weighted by Crippen LogP contribution is -2.31. The number of furan rings is 1. The van der Waals surface area contributed by atoms with Crippen LogP contribution >= 0.6 is 0 Å². The number of benzene rings is 2. The van der Waals surface area contributed by atoms with Gasteiger partial charge in [0.2, 0.25) is 0 Å². The average Bonchev–Trinajstić information content (AvgIpc) is 3.28.